The topological polar surface area (TPSA) is 119 Å². The minimum absolute atomic E-state index is 0.246. The zero-order valence-corrected chi connectivity index (χ0v) is 26.6. The van der Waals surface area contributed by atoms with Crippen molar-refractivity contribution in [3.8, 4) is 5.75 Å². The van der Waals surface area contributed by atoms with Crippen molar-refractivity contribution < 1.29 is 42.9 Å². The molecule has 4 aromatic carbocycles. The number of benzene rings is 4. The first-order valence-corrected chi connectivity index (χ1v) is 15.5. The fraction of sp³-hybridized carbons (Fsp3) is 0.167. The van der Waals surface area contributed by atoms with Gasteiger partial charge in [-0.25, -0.2) is 14.4 Å². The van der Waals surface area contributed by atoms with E-state index in [-0.39, 0.29) is 29.4 Å². The molecule has 0 aliphatic carbocycles. The molecule has 0 radical (unpaired) electrons. The van der Waals surface area contributed by atoms with Gasteiger partial charge in [-0.1, -0.05) is 70.5 Å². The van der Waals surface area contributed by atoms with Gasteiger partial charge < -0.3 is 23.7 Å². The Morgan fingerprint density at radius 1 is 0.723 bits per heavy atom. The molecule has 4 atom stereocenters. The third kappa shape index (κ3) is 7.11. The molecule has 10 nitrogen and oxygen atoms in total. The van der Waals surface area contributed by atoms with E-state index in [2.05, 4.69) is 15.9 Å². The van der Waals surface area contributed by atoms with E-state index in [1.807, 2.05) is 0 Å². The van der Waals surface area contributed by atoms with Crippen LogP contribution in [0.3, 0.4) is 0 Å². The van der Waals surface area contributed by atoms with Crippen LogP contribution in [0.1, 0.15) is 42.8 Å². The summed E-state index contributed by atoms with van der Waals surface area (Å²) in [5, 5.41) is 0.572. The number of halogens is 1. The molecule has 0 bridgehead atoms. The van der Waals surface area contributed by atoms with E-state index >= 15 is 0 Å². The molecule has 5 aromatic rings. The predicted molar refractivity (Wildman–Crippen MR) is 173 cm³/mol. The molecule has 0 unspecified atom stereocenters. The molecular formula is C36H28BrNO9. The first-order chi connectivity index (χ1) is 22.8. The largest absolute Gasteiger partial charge is 0.459 e. The second-order valence-electron chi connectivity index (χ2n) is 10.6. The zero-order chi connectivity index (χ0) is 32.9. The Morgan fingerprint density at radius 3 is 1.81 bits per heavy atom. The van der Waals surface area contributed by atoms with Gasteiger partial charge in [0, 0.05) is 16.8 Å². The monoisotopic (exact) mass is 697 g/mol. The number of esters is 3. The second kappa shape index (κ2) is 14.0. The maximum Gasteiger partial charge on any atom is 0.338 e. The van der Waals surface area contributed by atoms with E-state index in [0.29, 0.717) is 16.5 Å². The van der Waals surface area contributed by atoms with Crippen LogP contribution >= 0.6 is 15.9 Å². The standard InChI is InChI=1S/C36H28BrNO9/c1-22(39)38-20-29(27-19-26(37)17-18-28(27)38)44-36-32(47-35(42)25-15-9-4-10-16-25)31(46-34(41)24-13-7-3-8-14-24)30(45-36)21-43-33(40)23-11-5-2-6-12-23/h2-20,30-32,36H,21H2,1H3/t30-,31-,32+,36+/m0/s1. The molecule has 2 heterocycles. The van der Waals surface area contributed by atoms with Crippen LogP contribution < -0.4 is 4.74 Å². The highest BCUT2D eigenvalue weighted by molar-refractivity contribution is 9.10. The smallest absolute Gasteiger partial charge is 0.338 e. The number of carbonyl (C=O) groups is 4. The third-order valence-electron chi connectivity index (χ3n) is 7.47. The van der Waals surface area contributed by atoms with E-state index in [1.54, 1.807) is 109 Å². The Morgan fingerprint density at radius 2 is 1.26 bits per heavy atom. The van der Waals surface area contributed by atoms with Crippen LogP contribution in [-0.4, -0.2) is 59.6 Å². The van der Waals surface area contributed by atoms with Crippen LogP contribution in [0.2, 0.25) is 0 Å². The van der Waals surface area contributed by atoms with Gasteiger partial charge in [0.1, 0.15) is 18.5 Å². The van der Waals surface area contributed by atoms with Crippen molar-refractivity contribution in [2.24, 2.45) is 0 Å². The summed E-state index contributed by atoms with van der Waals surface area (Å²) in [4.78, 5) is 52.1. The molecule has 1 saturated heterocycles. The molecule has 238 valence electrons. The summed E-state index contributed by atoms with van der Waals surface area (Å²) < 4.78 is 32.2. The fourth-order valence-corrected chi connectivity index (χ4v) is 5.55. The summed E-state index contributed by atoms with van der Waals surface area (Å²) in [6.45, 7) is 1.05. The second-order valence-corrected chi connectivity index (χ2v) is 11.6. The molecule has 1 aliphatic rings. The van der Waals surface area contributed by atoms with Crippen molar-refractivity contribution in [3.05, 3.63) is 137 Å². The minimum Gasteiger partial charge on any atom is -0.459 e. The van der Waals surface area contributed by atoms with Crippen LogP contribution in [0, 0.1) is 0 Å². The molecule has 11 heteroatoms. The lowest BCUT2D eigenvalue weighted by atomic mass is 10.1. The number of rotatable bonds is 9. The summed E-state index contributed by atoms with van der Waals surface area (Å²) >= 11 is 3.46. The van der Waals surface area contributed by atoms with Gasteiger partial charge in [0.05, 0.1) is 28.4 Å². The molecule has 1 fully saturated rings. The van der Waals surface area contributed by atoms with Crippen molar-refractivity contribution in [2.75, 3.05) is 6.61 Å². The number of ether oxygens (including phenoxy) is 5. The van der Waals surface area contributed by atoms with Gasteiger partial charge in [-0.2, -0.15) is 0 Å². The first kappa shape index (κ1) is 31.7. The fourth-order valence-electron chi connectivity index (χ4n) is 5.19. The van der Waals surface area contributed by atoms with E-state index < -0.39 is 42.5 Å². The maximum absolute atomic E-state index is 13.4. The summed E-state index contributed by atoms with van der Waals surface area (Å²) in [7, 11) is 0. The van der Waals surface area contributed by atoms with Gasteiger partial charge in [0.2, 0.25) is 18.3 Å². The predicted octanol–water partition coefficient (Wildman–Crippen LogP) is 6.48. The number of fused-ring (bicyclic) bond motifs is 1. The molecular weight excluding hydrogens is 670 g/mol. The molecule has 1 aliphatic heterocycles. The maximum atomic E-state index is 13.4. The van der Waals surface area contributed by atoms with Crippen molar-refractivity contribution in [1.82, 2.24) is 4.57 Å². The van der Waals surface area contributed by atoms with Crippen LogP contribution in [0.15, 0.2) is 120 Å². The van der Waals surface area contributed by atoms with E-state index in [1.165, 1.54) is 17.7 Å². The normalized spacial score (nSPS) is 18.8. The van der Waals surface area contributed by atoms with E-state index in [9.17, 15) is 19.2 Å². The summed E-state index contributed by atoms with van der Waals surface area (Å²) in [6, 6.07) is 30.3. The minimum atomic E-state index is -1.35. The van der Waals surface area contributed by atoms with Gasteiger partial charge in [0.25, 0.3) is 0 Å². The Bertz CT molecular complexity index is 1910. The third-order valence-corrected chi connectivity index (χ3v) is 7.97. The van der Waals surface area contributed by atoms with Crippen molar-refractivity contribution in [3.63, 3.8) is 0 Å². The molecule has 0 spiro atoms. The van der Waals surface area contributed by atoms with Gasteiger partial charge in [-0.3, -0.25) is 9.36 Å². The van der Waals surface area contributed by atoms with Gasteiger partial charge >= 0.3 is 17.9 Å². The molecule has 0 N–H and O–H groups in total. The van der Waals surface area contributed by atoms with Crippen LogP contribution in [0.5, 0.6) is 5.75 Å². The Hall–Kier alpha value is -5.26. The summed E-state index contributed by atoms with van der Waals surface area (Å²) in [5.74, 6) is -2.07. The number of hydrogen-bond donors (Lipinski definition) is 0. The van der Waals surface area contributed by atoms with E-state index in [0.717, 1.165) is 4.47 Å². The number of nitrogens with zero attached hydrogens (tertiary/aromatic N) is 1. The molecule has 1 aromatic heterocycles. The summed E-state index contributed by atoms with van der Waals surface area (Å²) in [5.41, 5.74) is 1.38. The lowest BCUT2D eigenvalue weighted by molar-refractivity contribution is -0.119. The average Bonchev–Trinajstić information content (AvgIpc) is 3.61. The lowest BCUT2D eigenvalue weighted by Crippen LogP contribution is -2.43. The molecule has 6 rings (SSSR count). The zero-order valence-electron chi connectivity index (χ0n) is 25.0. The van der Waals surface area contributed by atoms with Gasteiger partial charge in [-0.05, 0) is 54.6 Å². The van der Waals surface area contributed by atoms with Crippen molar-refractivity contribution in [1.29, 1.82) is 0 Å². The first-order valence-electron chi connectivity index (χ1n) is 14.7. The quantitative estimate of drug-likeness (QED) is 0.126. The Balaban J connectivity index is 1.36. The number of hydrogen-bond acceptors (Lipinski definition) is 9. The molecule has 47 heavy (non-hydrogen) atoms. The van der Waals surface area contributed by atoms with Crippen LogP contribution in [0.4, 0.5) is 0 Å². The highest BCUT2D eigenvalue weighted by Crippen LogP contribution is 2.36. The SMILES string of the molecule is CC(=O)n1cc(O[C@@H]2O[C@@H](COC(=O)c3ccccc3)[C@H](OC(=O)c3ccccc3)[C@H]2OC(=O)c2ccccc2)c2cc(Br)ccc21. The van der Waals surface area contributed by atoms with Gasteiger partial charge in [-0.15, -0.1) is 0 Å². The average molecular weight is 699 g/mol. The Labute approximate surface area is 277 Å². The number of carbonyl (C=O) groups excluding carboxylic acids is 4. The lowest BCUT2D eigenvalue weighted by Gasteiger charge is -2.24. The number of aromatic nitrogens is 1. The highest BCUT2D eigenvalue weighted by Gasteiger charge is 2.52. The molecule has 0 amide bonds. The van der Waals surface area contributed by atoms with Crippen molar-refractivity contribution in [2.45, 2.75) is 31.5 Å². The van der Waals surface area contributed by atoms with E-state index in [4.69, 9.17) is 23.7 Å². The highest BCUT2D eigenvalue weighted by atomic mass is 79.9. The Kier molecular flexibility index (Phi) is 9.46. The van der Waals surface area contributed by atoms with Crippen LogP contribution in [0.25, 0.3) is 10.9 Å². The van der Waals surface area contributed by atoms with Crippen LogP contribution in [-0.2, 0) is 18.9 Å². The summed E-state index contributed by atoms with van der Waals surface area (Å²) in [6.07, 6.45) is -3.54. The van der Waals surface area contributed by atoms with Crippen molar-refractivity contribution >= 4 is 50.6 Å². The molecule has 0 saturated carbocycles. The van der Waals surface area contributed by atoms with Gasteiger partial charge in [0.15, 0.2) is 6.10 Å².